The van der Waals surface area contributed by atoms with Crippen LogP contribution >= 0.6 is 11.3 Å². The Balaban J connectivity index is 1.89. The van der Waals surface area contributed by atoms with Gasteiger partial charge in [-0.25, -0.2) is 0 Å². The summed E-state index contributed by atoms with van der Waals surface area (Å²) in [4.78, 5) is 10.1. The maximum atomic E-state index is 4.47. The molecule has 0 aliphatic carbocycles. The van der Waals surface area contributed by atoms with Gasteiger partial charge in [-0.2, -0.15) is 15.1 Å². The SMILES string of the molecule is CCNc1nc(NCc2cccs2)c2cn[nH]c2n1. The van der Waals surface area contributed by atoms with E-state index in [0.717, 1.165) is 29.9 Å². The van der Waals surface area contributed by atoms with Gasteiger partial charge in [0, 0.05) is 11.4 Å². The van der Waals surface area contributed by atoms with E-state index >= 15 is 0 Å². The standard InChI is InChI=1S/C12H14N6S/c1-2-13-12-16-10(9-7-15-18-11(9)17-12)14-6-8-4-3-5-19-8/h3-5,7H,2,6H2,1H3,(H3,13,14,15,16,17,18). The topological polar surface area (TPSA) is 78.5 Å². The highest BCUT2D eigenvalue weighted by Gasteiger charge is 2.09. The summed E-state index contributed by atoms with van der Waals surface area (Å²) in [6.45, 7) is 3.55. The summed E-state index contributed by atoms with van der Waals surface area (Å²) in [6.07, 6.45) is 1.74. The van der Waals surface area contributed by atoms with Crippen LogP contribution in [0.2, 0.25) is 0 Å². The zero-order valence-corrected chi connectivity index (χ0v) is 11.3. The van der Waals surface area contributed by atoms with Crippen LogP contribution in [0.25, 0.3) is 11.0 Å². The third-order valence-electron chi connectivity index (χ3n) is 2.65. The average Bonchev–Trinajstić information content (AvgIpc) is 3.07. The lowest BCUT2D eigenvalue weighted by molar-refractivity contribution is 1.06. The van der Waals surface area contributed by atoms with Crippen molar-refractivity contribution in [3.05, 3.63) is 28.6 Å². The Morgan fingerprint density at radius 3 is 3.05 bits per heavy atom. The third kappa shape index (κ3) is 2.50. The first kappa shape index (κ1) is 11.9. The molecule has 3 N–H and O–H groups in total. The number of H-pyrrole nitrogens is 1. The second kappa shape index (κ2) is 5.23. The number of hydrogen-bond acceptors (Lipinski definition) is 6. The van der Waals surface area contributed by atoms with Crippen molar-refractivity contribution in [1.29, 1.82) is 0 Å². The van der Waals surface area contributed by atoms with Gasteiger partial charge in [0.25, 0.3) is 0 Å². The number of hydrogen-bond donors (Lipinski definition) is 3. The molecule has 3 rings (SSSR count). The van der Waals surface area contributed by atoms with E-state index in [1.807, 2.05) is 13.0 Å². The van der Waals surface area contributed by atoms with Crippen molar-refractivity contribution in [3.8, 4) is 0 Å². The van der Waals surface area contributed by atoms with Crippen LogP contribution in [-0.4, -0.2) is 26.7 Å². The van der Waals surface area contributed by atoms with E-state index in [1.54, 1.807) is 17.5 Å². The summed E-state index contributed by atoms with van der Waals surface area (Å²) in [7, 11) is 0. The van der Waals surface area contributed by atoms with E-state index in [-0.39, 0.29) is 0 Å². The van der Waals surface area contributed by atoms with Crippen LogP contribution in [0.3, 0.4) is 0 Å². The van der Waals surface area contributed by atoms with Gasteiger partial charge in [0.15, 0.2) is 5.65 Å². The summed E-state index contributed by atoms with van der Waals surface area (Å²) in [5.41, 5.74) is 0.736. The molecular weight excluding hydrogens is 260 g/mol. The van der Waals surface area contributed by atoms with Gasteiger partial charge in [-0.15, -0.1) is 11.3 Å². The first-order valence-electron chi connectivity index (χ1n) is 6.08. The van der Waals surface area contributed by atoms with E-state index < -0.39 is 0 Å². The number of thiophene rings is 1. The van der Waals surface area contributed by atoms with E-state index in [4.69, 9.17) is 0 Å². The third-order valence-corrected chi connectivity index (χ3v) is 3.53. The fraction of sp³-hybridized carbons (Fsp3) is 0.250. The summed E-state index contributed by atoms with van der Waals surface area (Å²) in [5, 5.41) is 16.3. The lowest BCUT2D eigenvalue weighted by Gasteiger charge is -2.08. The number of nitrogens with zero attached hydrogens (tertiary/aromatic N) is 3. The Hall–Kier alpha value is -2.15. The molecule has 0 unspecified atom stereocenters. The number of rotatable bonds is 5. The van der Waals surface area contributed by atoms with Crippen molar-refractivity contribution < 1.29 is 0 Å². The van der Waals surface area contributed by atoms with Gasteiger partial charge in [0.1, 0.15) is 5.82 Å². The van der Waals surface area contributed by atoms with Crippen molar-refractivity contribution in [2.75, 3.05) is 17.2 Å². The molecule has 3 aromatic heterocycles. The molecule has 0 atom stereocenters. The minimum Gasteiger partial charge on any atom is -0.364 e. The number of aromatic amines is 1. The molecule has 6 nitrogen and oxygen atoms in total. The Morgan fingerprint density at radius 2 is 2.26 bits per heavy atom. The van der Waals surface area contributed by atoms with Crippen molar-refractivity contribution in [1.82, 2.24) is 20.2 Å². The second-order valence-electron chi connectivity index (χ2n) is 3.99. The highest BCUT2D eigenvalue weighted by atomic mass is 32.1. The molecule has 0 spiro atoms. The quantitative estimate of drug-likeness (QED) is 0.666. The van der Waals surface area contributed by atoms with Crippen molar-refractivity contribution in [2.45, 2.75) is 13.5 Å². The minimum atomic E-state index is 0.605. The molecule has 0 bridgehead atoms. The van der Waals surface area contributed by atoms with Crippen LogP contribution in [0.15, 0.2) is 23.7 Å². The zero-order chi connectivity index (χ0) is 13.1. The number of anilines is 2. The van der Waals surface area contributed by atoms with Crippen molar-refractivity contribution >= 4 is 34.1 Å². The second-order valence-corrected chi connectivity index (χ2v) is 5.02. The van der Waals surface area contributed by atoms with Crippen LogP contribution in [0, 0.1) is 0 Å². The molecule has 0 aromatic carbocycles. The molecule has 0 aliphatic heterocycles. The first-order valence-corrected chi connectivity index (χ1v) is 6.96. The molecule has 0 saturated heterocycles. The zero-order valence-electron chi connectivity index (χ0n) is 10.5. The fourth-order valence-electron chi connectivity index (χ4n) is 1.79. The Labute approximate surface area is 114 Å². The maximum absolute atomic E-state index is 4.47. The van der Waals surface area contributed by atoms with Gasteiger partial charge < -0.3 is 10.6 Å². The van der Waals surface area contributed by atoms with E-state index in [2.05, 4.69) is 42.2 Å². The smallest absolute Gasteiger partial charge is 0.226 e. The van der Waals surface area contributed by atoms with Crippen molar-refractivity contribution in [2.24, 2.45) is 0 Å². The normalized spacial score (nSPS) is 10.8. The highest BCUT2D eigenvalue weighted by Crippen LogP contribution is 2.21. The van der Waals surface area contributed by atoms with E-state index in [0.29, 0.717) is 5.95 Å². The number of aromatic nitrogens is 4. The molecule has 3 heterocycles. The molecule has 0 aliphatic rings. The van der Waals surface area contributed by atoms with E-state index in [9.17, 15) is 0 Å². The fourth-order valence-corrected chi connectivity index (χ4v) is 2.44. The van der Waals surface area contributed by atoms with Crippen LogP contribution in [0.5, 0.6) is 0 Å². The molecule has 0 amide bonds. The van der Waals surface area contributed by atoms with Crippen LogP contribution in [0.4, 0.5) is 11.8 Å². The highest BCUT2D eigenvalue weighted by molar-refractivity contribution is 7.09. The van der Waals surface area contributed by atoms with Crippen LogP contribution < -0.4 is 10.6 Å². The van der Waals surface area contributed by atoms with E-state index in [1.165, 1.54) is 4.88 Å². The average molecular weight is 274 g/mol. The van der Waals surface area contributed by atoms with Gasteiger partial charge in [-0.05, 0) is 18.4 Å². The van der Waals surface area contributed by atoms with Gasteiger partial charge in [-0.3, -0.25) is 5.10 Å². The Bertz CT molecular complexity index is 660. The Morgan fingerprint density at radius 1 is 1.32 bits per heavy atom. The summed E-state index contributed by atoms with van der Waals surface area (Å²) in [5.74, 6) is 1.40. The van der Waals surface area contributed by atoms with Gasteiger partial charge >= 0.3 is 0 Å². The molecule has 3 aromatic rings. The maximum Gasteiger partial charge on any atom is 0.226 e. The largest absolute Gasteiger partial charge is 0.364 e. The number of fused-ring (bicyclic) bond motifs is 1. The molecule has 0 fully saturated rings. The van der Waals surface area contributed by atoms with Crippen molar-refractivity contribution in [3.63, 3.8) is 0 Å². The van der Waals surface area contributed by atoms with Crippen LogP contribution in [-0.2, 0) is 6.54 Å². The van der Waals surface area contributed by atoms with Crippen LogP contribution in [0.1, 0.15) is 11.8 Å². The number of nitrogens with one attached hydrogen (secondary N) is 3. The lowest BCUT2D eigenvalue weighted by Crippen LogP contribution is -2.06. The first-order chi connectivity index (χ1) is 9.36. The molecule has 19 heavy (non-hydrogen) atoms. The van der Waals surface area contributed by atoms with Gasteiger partial charge in [-0.1, -0.05) is 6.07 Å². The summed E-state index contributed by atoms with van der Waals surface area (Å²) >= 11 is 1.72. The molecule has 0 radical (unpaired) electrons. The summed E-state index contributed by atoms with van der Waals surface area (Å²) in [6, 6.07) is 4.13. The summed E-state index contributed by atoms with van der Waals surface area (Å²) < 4.78 is 0. The van der Waals surface area contributed by atoms with Gasteiger partial charge in [0.05, 0.1) is 18.1 Å². The molecule has 98 valence electrons. The van der Waals surface area contributed by atoms with Gasteiger partial charge in [0.2, 0.25) is 5.95 Å². The lowest BCUT2D eigenvalue weighted by atomic mass is 10.4. The molecular formula is C12H14N6S. The molecule has 0 saturated carbocycles. The molecule has 7 heteroatoms. The monoisotopic (exact) mass is 274 g/mol. The predicted octanol–water partition coefficient (Wildman–Crippen LogP) is 2.46. The Kier molecular flexibility index (Phi) is 3.28. The predicted molar refractivity (Wildman–Crippen MR) is 77.5 cm³/mol. The minimum absolute atomic E-state index is 0.605.